The second-order valence-corrected chi connectivity index (χ2v) is 6.50. The van der Waals surface area contributed by atoms with Crippen molar-refractivity contribution in [3.63, 3.8) is 0 Å². The lowest BCUT2D eigenvalue weighted by molar-refractivity contribution is 0.0240. The summed E-state index contributed by atoms with van der Waals surface area (Å²) in [4.78, 5) is 12.1. The van der Waals surface area contributed by atoms with Crippen molar-refractivity contribution in [1.82, 2.24) is 9.78 Å². The van der Waals surface area contributed by atoms with Gasteiger partial charge >= 0.3 is 0 Å². The Balaban J connectivity index is 3.11. The van der Waals surface area contributed by atoms with Gasteiger partial charge in [-0.2, -0.15) is 5.10 Å². The second kappa shape index (κ2) is 5.63. The molecule has 6 heteroatoms. The molecule has 19 heavy (non-hydrogen) atoms. The summed E-state index contributed by atoms with van der Waals surface area (Å²) in [6.07, 6.45) is 2.45. The van der Waals surface area contributed by atoms with Crippen LogP contribution in [0.25, 0.3) is 0 Å². The SMILES string of the molecule is CCCn1ncc(NC(C)(C)C(C)(C)O)c(Br)c1=O. The van der Waals surface area contributed by atoms with E-state index in [0.717, 1.165) is 6.42 Å². The summed E-state index contributed by atoms with van der Waals surface area (Å²) in [5.74, 6) is 0. The summed E-state index contributed by atoms with van der Waals surface area (Å²) in [6.45, 7) is 9.77. The molecule has 0 amide bonds. The summed E-state index contributed by atoms with van der Waals surface area (Å²) >= 11 is 3.30. The predicted octanol–water partition coefficient (Wildman–Crippen LogP) is 2.38. The molecule has 1 aromatic rings. The molecule has 2 N–H and O–H groups in total. The fraction of sp³-hybridized carbons (Fsp3) is 0.692. The Morgan fingerprint density at radius 2 is 2.00 bits per heavy atom. The van der Waals surface area contributed by atoms with Crippen LogP contribution in [-0.4, -0.2) is 26.0 Å². The first-order chi connectivity index (χ1) is 8.60. The van der Waals surface area contributed by atoms with E-state index < -0.39 is 11.1 Å². The Morgan fingerprint density at radius 1 is 1.42 bits per heavy atom. The van der Waals surface area contributed by atoms with Gasteiger partial charge in [0.1, 0.15) is 4.47 Å². The van der Waals surface area contributed by atoms with Crippen LogP contribution in [0.2, 0.25) is 0 Å². The molecule has 0 radical (unpaired) electrons. The first-order valence-electron chi connectivity index (χ1n) is 6.36. The smallest absolute Gasteiger partial charge is 0.283 e. The van der Waals surface area contributed by atoms with Gasteiger partial charge in [-0.05, 0) is 50.0 Å². The number of hydrogen-bond acceptors (Lipinski definition) is 4. The van der Waals surface area contributed by atoms with E-state index in [1.54, 1.807) is 20.0 Å². The number of aliphatic hydroxyl groups is 1. The molecule has 0 saturated heterocycles. The largest absolute Gasteiger partial charge is 0.388 e. The van der Waals surface area contributed by atoms with Crippen molar-refractivity contribution in [3.8, 4) is 0 Å². The number of hydrogen-bond donors (Lipinski definition) is 2. The van der Waals surface area contributed by atoms with E-state index in [-0.39, 0.29) is 5.56 Å². The van der Waals surface area contributed by atoms with E-state index in [2.05, 4.69) is 26.3 Å². The first kappa shape index (κ1) is 16.2. The Bertz CT molecular complexity index is 504. The Labute approximate surface area is 122 Å². The summed E-state index contributed by atoms with van der Waals surface area (Å²) in [5.41, 5.74) is -1.12. The molecule has 0 aromatic carbocycles. The molecule has 0 spiro atoms. The molecule has 0 unspecified atom stereocenters. The molecule has 0 saturated carbocycles. The average Bonchev–Trinajstić information content (AvgIpc) is 2.27. The molecule has 5 nitrogen and oxygen atoms in total. The lowest BCUT2D eigenvalue weighted by Crippen LogP contribution is -2.51. The zero-order chi connectivity index (χ0) is 14.8. The third-order valence-electron chi connectivity index (χ3n) is 3.40. The highest BCUT2D eigenvalue weighted by Crippen LogP contribution is 2.28. The van der Waals surface area contributed by atoms with Crippen LogP contribution < -0.4 is 10.9 Å². The first-order valence-corrected chi connectivity index (χ1v) is 7.15. The standard InChI is InChI=1S/C13H22BrN3O2/c1-6-7-17-11(18)10(14)9(8-15-17)16-12(2,3)13(4,5)19/h8,16,19H,6-7H2,1-5H3. The van der Waals surface area contributed by atoms with Crippen molar-refractivity contribution in [2.24, 2.45) is 0 Å². The van der Waals surface area contributed by atoms with Gasteiger partial charge in [-0.1, -0.05) is 6.92 Å². The maximum absolute atomic E-state index is 12.1. The molecule has 0 atom stereocenters. The molecule has 1 aromatic heterocycles. The second-order valence-electron chi connectivity index (χ2n) is 5.71. The molecule has 0 fully saturated rings. The van der Waals surface area contributed by atoms with Crippen molar-refractivity contribution in [3.05, 3.63) is 21.0 Å². The summed E-state index contributed by atoms with van der Waals surface area (Å²) in [5, 5.41) is 17.4. The highest BCUT2D eigenvalue weighted by Gasteiger charge is 2.35. The fourth-order valence-corrected chi connectivity index (χ4v) is 1.82. The highest BCUT2D eigenvalue weighted by atomic mass is 79.9. The van der Waals surface area contributed by atoms with Crippen LogP contribution in [0.5, 0.6) is 0 Å². The number of aromatic nitrogens is 2. The molecule has 1 heterocycles. The number of nitrogens with one attached hydrogen (secondary N) is 1. The molecule has 0 bridgehead atoms. The van der Waals surface area contributed by atoms with Gasteiger partial charge in [0.2, 0.25) is 0 Å². The molecule has 0 aliphatic heterocycles. The number of anilines is 1. The number of rotatable bonds is 5. The van der Waals surface area contributed by atoms with Crippen LogP contribution in [0.15, 0.2) is 15.5 Å². The van der Waals surface area contributed by atoms with Crippen LogP contribution in [0.1, 0.15) is 41.0 Å². The Hall–Kier alpha value is -0.880. The van der Waals surface area contributed by atoms with Crippen LogP contribution in [0.3, 0.4) is 0 Å². The topological polar surface area (TPSA) is 67.2 Å². The van der Waals surface area contributed by atoms with Gasteiger partial charge in [0, 0.05) is 6.54 Å². The third-order valence-corrected chi connectivity index (χ3v) is 4.16. The monoisotopic (exact) mass is 331 g/mol. The molecule has 0 aliphatic carbocycles. The molecule has 108 valence electrons. The zero-order valence-corrected chi connectivity index (χ0v) is 13.7. The highest BCUT2D eigenvalue weighted by molar-refractivity contribution is 9.10. The van der Waals surface area contributed by atoms with Gasteiger partial charge in [0.15, 0.2) is 0 Å². The van der Waals surface area contributed by atoms with Crippen molar-refractivity contribution >= 4 is 21.6 Å². The maximum Gasteiger partial charge on any atom is 0.283 e. The molecular formula is C13H22BrN3O2. The predicted molar refractivity (Wildman–Crippen MR) is 80.5 cm³/mol. The van der Waals surface area contributed by atoms with E-state index in [1.165, 1.54) is 4.68 Å². The van der Waals surface area contributed by atoms with Gasteiger partial charge in [-0.3, -0.25) is 4.79 Å². The normalized spacial score (nSPS) is 12.6. The third kappa shape index (κ3) is 3.57. The molecule has 0 aliphatic rings. The number of nitrogens with zero attached hydrogens (tertiary/aromatic N) is 2. The minimum atomic E-state index is -0.940. The van der Waals surface area contributed by atoms with Crippen molar-refractivity contribution in [1.29, 1.82) is 0 Å². The van der Waals surface area contributed by atoms with E-state index in [4.69, 9.17) is 0 Å². The van der Waals surface area contributed by atoms with Gasteiger partial charge in [0.25, 0.3) is 5.56 Å². The molecular weight excluding hydrogens is 310 g/mol. The summed E-state index contributed by atoms with van der Waals surface area (Å²) in [7, 11) is 0. The lowest BCUT2D eigenvalue weighted by Gasteiger charge is -2.38. The zero-order valence-electron chi connectivity index (χ0n) is 12.1. The number of aryl methyl sites for hydroxylation is 1. The average molecular weight is 332 g/mol. The van der Waals surface area contributed by atoms with Crippen LogP contribution in [0, 0.1) is 0 Å². The number of halogens is 1. The van der Waals surface area contributed by atoms with Crippen LogP contribution >= 0.6 is 15.9 Å². The molecule has 1 rings (SSSR count). The Morgan fingerprint density at radius 3 is 2.47 bits per heavy atom. The van der Waals surface area contributed by atoms with E-state index >= 15 is 0 Å². The van der Waals surface area contributed by atoms with Crippen molar-refractivity contribution in [2.75, 3.05) is 5.32 Å². The quantitative estimate of drug-likeness (QED) is 0.869. The summed E-state index contributed by atoms with van der Waals surface area (Å²) < 4.78 is 1.86. The minimum Gasteiger partial charge on any atom is -0.388 e. The minimum absolute atomic E-state index is 0.168. The maximum atomic E-state index is 12.1. The van der Waals surface area contributed by atoms with Gasteiger partial charge in [-0.25, -0.2) is 4.68 Å². The van der Waals surface area contributed by atoms with E-state index in [0.29, 0.717) is 16.7 Å². The van der Waals surface area contributed by atoms with Crippen molar-refractivity contribution < 1.29 is 5.11 Å². The van der Waals surface area contributed by atoms with Crippen molar-refractivity contribution in [2.45, 2.75) is 58.7 Å². The van der Waals surface area contributed by atoms with Gasteiger partial charge in [-0.15, -0.1) is 0 Å². The van der Waals surface area contributed by atoms with Gasteiger partial charge in [0.05, 0.1) is 23.0 Å². The van der Waals surface area contributed by atoms with E-state index in [9.17, 15) is 9.90 Å². The fourth-order valence-electron chi connectivity index (χ4n) is 1.41. The van der Waals surface area contributed by atoms with Crippen LogP contribution in [0.4, 0.5) is 5.69 Å². The summed E-state index contributed by atoms with van der Waals surface area (Å²) in [6, 6.07) is 0. The Kier molecular flexibility index (Phi) is 4.79. The van der Waals surface area contributed by atoms with Gasteiger partial charge < -0.3 is 10.4 Å². The van der Waals surface area contributed by atoms with Crippen LogP contribution in [-0.2, 0) is 6.54 Å². The lowest BCUT2D eigenvalue weighted by atomic mass is 9.86. The van der Waals surface area contributed by atoms with E-state index in [1.807, 2.05) is 20.8 Å².